The van der Waals surface area contributed by atoms with Crippen LogP contribution in [0.15, 0.2) is 48.9 Å². The lowest BCUT2D eigenvalue weighted by Gasteiger charge is -2.10. The summed E-state index contributed by atoms with van der Waals surface area (Å²) in [6, 6.07) is 7.66. The Morgan fingerprint density at radius 1 is 0.943 bits per heavy atom. The number of nitrogens with one attached hydrogen (secondary N) is 1. The summed E-state index contributed by atoms with van der Waals surface area (Å²) in [4.78, 5) is 27.7. The molecule has 0 spiro atoms. The summed E-state index contributed by atoms with van der Waals surface area (Å²) in [5, 5.41) is 4.03. The van der Waals surface area contributed by atoms with E-state index in [9.17, 15) is 18.0 Å². The number of anilines is 1. The predicted molar refractivity (Wildman–Crippen MR) is 133 cm³/mol. The zero-order valence-electron chi connectivity index (χ0n) is 20.5. The van der Waals surface area contributed by atoms with E-state index in [1.165, 1.54) is 19.1 Å². The van der Waals surface area contributed by atoms with Gasteiger partial charge in [-0.3, -0.25) is 9.78 Å². The Morgan fingerprint density at radius 3 is 2.29 bits per heavy atom. The van der Waals surface area contributed by atoms with Crippen LogP contribution in [0, 0.1) is 20.8 Å². The number of hydrogen-bond donors (Lipinski definition) is 1. The van der Waals surface area contributed by atoms with Gasteiger partial charge in [0.1, 0.15) is 12.1 Å². The van der Waals surface area contributed by atoms with Gasteiger partial charge in [-0.2, -0.15) is 13.2 Å². The lowest BCUT2D eigenvalue weighted by Crippen LogP contribution is -2.08. The third-order valence-electron chi connectivity index (χ3n) is 5.05. The van der Waals surface area contributed by atoms with Gasteiger partial charge < -0.3 is 5.32 Å². The molecule has 9 heteroatoms. The van der Waals surface area contributed by atoms with Crippen LogP contribution in [0.5, 0.6) is 0 Å². The van der Waals surface area contributed by atoms with Crippen molar-refractivity contribution in [3.05, 3.63) is 77.1 Å². The number of rotatable bonds is 3. The third kappa shape index (κ3) is 6.81. The van der Waals surface area contributed by atoms with E-state index < -0.39 is 11.7 Å². The van der Waals surface area contributed by atoms with Gasteiger partial charge in [0.15, 0.2) is 5.65 Å². The highest BCUT2D eigenvalue weighted by molar-refractivity contribution is 5.81. The smallest absolute Gasteiger partial charge is 0.387 e. The summed E-state index contributed by atoms with van der Waals surface area (Å²) in [6.45, 7) is 9.14. The molecule has 4 aromatic rings. The van der Waals surface area contributed by atoms with E-state index >= 15 is 0 Å². The van der Waals surface area contributed by atoms with E-state index in [0.29, 0.717) is 6.29 Å². The summed E-state index contributed by atoms with van der Waals surface area (Å²) >= 11 is 0. The molecule has 0 unspecified atom stereocenters. The second kappa shape index (κ2) is 12.0. The Morgan fingerprint density at radius 2 is 1.66 bits per heavy atom. The first-order chi connectivity index (χ1) is 16.6. The van der Waals surface area contributed by atoms with Crippen LogP contribution >= 0.6 is 0 Å². The topological polar surface area (TPSA) is 80.7 Å². The monoisotopic (exact) mass is 483 g/mol. The molecule has 0 radical (unpaired) electrons. The first-order valence-corrected chi connectivity index (χ1v) is 11.0. The molecule has 3 aromatic heterocycles. The molecule has 0 saturated carbocycles. The molecule has 6 nitrogen and oxygen atoms in total. The van der Waals surface area contributed by atoms with Gasteiger partial charge in [-0.05, 0) is 44.5 Å². The Balaban J connectivity index is 0.000000251. The minimum absolute atomic E-state index is 0.0231. The molecule has 0 saturated heterocycles. The number of benzene rings is 1. The Kier molecular flexibility index (Phi) is 9.39. The number of nitrogens with zero attached hydrogens (tertiary/aromatic N) is 4. The zero-order valence-corrected chi connectivity index (χ0v) is 20.5. The van der Waals surface area contributed by atoms with Gasteiger partial charge in [0.2, 0.25) is 0 Å². The number of alkyl halides is 3. The van der Waals surface area contributed by atoms with Gasteiger partial charge >= 0.3 is 6.18 Å². The predicted octanol–water partition coefficient (Wildman–Crippen LogP) is 6.60. The number of halogens is 3. The van der Waals surface area contributed by atoms with Crippen molar-refractivity contribution in [2.75, 3.05) is 12.4 Å². The fraction of sp³-hybridized carbons (Fsp3) is 0.269. The molecule has 35 heavy (non-hydrogen) atoms. The van der Waals surface area contributed by atoms with E-state index in [1.807, 2.05) is 53.2 Å². The molecule has 0 bridgehead atoms. The molecule has 184 valence electrons. The largest absolute Gasteiger partial charge is 0.416 e. The summed E-state index contributed by atoms with van der Waals surface area (Å²) in [5.74, 6) is 0.729. The number of hydrogen-bond acceptors (Lipinski definition) is 6. The van der Waals surface area contributed by atoms with E-state index in [-0.39, 0.29) is 11.1 Å². The normalized spacial score (nSPS) is 10.5. The molecule has 0 fully saturated rings. The van der Waals surface area contributed by atoms with E-state index in [1.54, 1.807) is 6.20 Å². The van der Waals surface area contributed by atoms with E-state index in [0.717, 1.165) is 45.4 Å². The standard InChI is InChI=1S/C15H15N5.C9H7F3O.C2H6/c1-9-14(5-13(16-3)8-17-9)11-4-12-7-18-10(2)20-15(12)19-6-11;1-6-7(5-13)3-2-4-8(6)9(10,11)12;1-2/h4-8,16H,1-3H3;2-5H,1H3;1-2H3. The maximum absolute atomic E-state index is 12.2. The summed E-state index contributed by atoms with van der Waals surface area (Å²) in [5.41, 5.74) is 4.05. The van der Waals surface area contributed by atoms with Gasteiger partial charge in [-0.15, -0.1) is 0 Å². The van der Waals surface area contributed by atoms with Crippen LogP contribution in [0.1, 0.15) is 46.9 Å². The molecule has 1 N–H and O–H groups in total. The minimum Gasteiger partial charge on any atom is -0.387 e. The summed E-state index contributed by atoms with van der Waals surface area (Å²) < 4.78 is 36.7. The van der Waals surface area contributed by atoms with Crippen molar-refractivity contribution in [2.45, 2.75) is 40.8 Å². The highest BCUT2D eigenvalue weighted by Crippen LogP contribution is 2.32. The van der Waals surface area contributed by atoms with Gasteiger partial charge in [0.25, 0.3) is 0 Å². The number of carbonyl (C=O) groups is 1. The van der Waals surface area contributed by atoms with Crippen molar-refractivity contribution in [1.29, 1.82) is 0 Å². The molecule has 4 rings (SSSR count). The second-order valence-corrected chi connectivity index (χ2v) is 7.30. The van der Waals surface area contributed by atoms with Crippen molar-refractivity contribution < 1.29 is 18.0 Å². The summed E-state index contributed by atoms with van der Waals surface area (Å²) in [7, 11) is 1.88. The van der Waals surface area contributed by atoms with E-state index in [4.69, 9.17) is 0 Å². The average molecular weight is 484 g/mol. The Hall–Kier alpha value is -3.88. The lowest BCUT2D eigenvalue weighted by atomic mass is 10.0. The van der Waals surface area contributed by atoms with Crippen LogP contribution in [0.25, 0.3) is 22.2 Å². The second-order valence-electron chi connectivity index (χ2n) is 7.30. The van der Waals surface area contributed by atoms with Crippen molar-refractivity contribution in [2.24, 2.45) is 0 Å². The van der Waals surface area contributed by atoms with Crippen LogP contribution in [-0.2, 0) is 6.18 Å². The molecule has 3 heterocycles. The van der Waals surface area contributed by atoms with Crippen LogP contribution in [-0.4, -0.2) is 33.3 Å². The number of pyridine rings is 2. The van der Waals surface area contributed by atoms with Gasteiger partial charge in [0.05, 0.1) is 17.4 Å². The molecule has 0 amide bonds. The Labute approximate surface area is 202 Å². The molecular formula is C26H28F3N5O. The van der Waals surface area contributed by atoms with Crippen LogP contribution < -0.4 is 5.32 Å². The SMILES string of the molecule is CC.CNc1cnc(C)c(-c2cnc3nc(C)ncc3c2)c1.Cc1c(C=O)cccc1C(F)(F)F. The maximum Gasteiger partial charge on any atom is 0.416 e. The minimum atomic E-state index is -4.39. The first kappa shape index (κ1) is 27.4. The first-order valence-electron chi connectivity index (χ1n) is 11.0. The molecule has 0 atom stereocenters. The third-order valence-corrected chi connectivity index (χ3v) is 5.05. The molecular weight excluding hydrogens is 455 g/mol. The zero-order chi connectivity index (χ0) is 26.2. The van der Waals surface area contributed by atoms with Crippen molar-refractivity contribution in [1.82, 2.24) is 19.9 Å². The van der Waals surface area contributed by atoms with E-state index in [2.05, 4.69) is 31.3 Å². The Bertz CT molecular complexity index is 1310. The quantitative estimate of drug-likeness (QED) is 0.331. The fourth-order valence-corrected chi connectivity index (χ4v) is 3.21. The van der Waals surface area contributed by atoms with Crippen molar-refractivity contribution >= 4 is 23.0 Å². The highest BCUT2D eigenvalue weighted by Gasteiger charge is 2.32. The van der Waals surface area contributed by atoms with Gasteiger partial charge in [-0.1, -0.05) is 26.0 Å². The van der Waals surface area contributed by atoms with Crippen molar-refractivity contribution in [3.8, 4) is 11.1 Å². The van der Waals surface area contributed by atoms with Crippen LogP contribution in [0.4, 0.5) is 18.9 Å². The molecule has 1 aromatic carbocycles. The fourth-order valence-electron chi connectivity index (χ4n) is 3.21. The maximum atomic E-state index is 12.2. The van der Waals surface area contributed by atoms with Crippen LogP contribution in [0.3, 0.4) is 0 Å². The van der Waals surface area contributed by atoms with Gasteiger partial charge in [-0.25, -0.2) is 15.0 Å². The van der Waals surface area contributed by atoms with Gasteiger partial charge in [0, 0.05) is 47.2 Å². The summed E-state index contributed by atoms with van der Waals surface area (Å²) in [6.07, 6.45) is 1.49. The van der Waals surface area contributed by atoms with Crippen molar-refractivity contribution in [3.63, 3.8) is 0 Å². The molecule has 0 aliphatic carbocycles. The number of fused-ring (bicyclic) bond motifs is 1. The van der Waals surface area contributed by atoms with Crippen LogP contribution in [0.2, 0.25) is 0 Å². The number of aromatic nitrogens is 4. The number of aryl methyl sites for hydroxylation is 2. The number of carbonyl (C=O) groups excluding carboxylic acids is 1. The average Bonchev–Trinajstić information content (AvgIpc) is 2.85. The number of aldehydes is 1. The molecule has 0 aliphatic heterocycles. The highest BCUT2D eigenvalue weighted by atomic mass is 19.4. The molecule has 0 aliphatic rings. The lowest BCUT2D eigenvalue weighted by molar-refractivity contribution is -0.138.